The van der Waals surface area contributed by atoms with Gasteiger partial charge >= 0.3 is 5.97 Å². The van der Waals surface area contributed by atoms with E-state index in [-0.39, 0.29) is 22.3 Å². The van der Waals surface area contributed by atoms with E-state index in [2.05, 4.69) is 10.4 Å². The van der Waals surface area contributed by atoms with E-state index < -0.39 is 28.8 Å². The summed E-state index contributed by atoms with van der Waals surface area (Å²) in [6.45, 7) is 6.88. The van der Waals surface area contributed by atoms with E-state index in [1.165, 1.54) is 13.2 Å². The lowest BCUT2D eigenvalue weighted by Crippen LogP contribution is -2.59. The Hall–Kier alpha value is -2.84. The number of ether oxygens (including phenoxy) is 2. The van der Waals surface area contributed by atoms with Crippen LogP contribution in [0.25, 0.3) is 22.0 Å². The second-order valence-corrected chi connectivity index (χ2v) is 9.55. The number of benzene rings is 2. The van der Waals surface area contributed by atoms with E-state index in [1.54, 1.807) is 63.7 Å². The summed E-state index contributed by atoms with van der Waals surface area (Å²) in [4.78, 5) is 24.9. The number of hydrogen-bond donors (Lipinski definition) is 1. The van der Waals surface area contributed by atoms with Crippen molar-refractivity contribution in [2.75, 3.05) is 13.0 Å². The number of halogens is 3. The highest BCUT2D eigenvalue weighted by molar-refractivity contribution is 6.32. The summed E-state index contributed by atoms with van der Waals surface area (Å²) in [6, 6.07) is 8.25. The van der Waals surface area contributed by atoms with Crippen LogP contribution in [0.2, 0.25) is 5.02 Å². The molecule has 182 valence electrons. The van der Waals surface area contributed by atoms with Gasteiger partial charge in [0.25, 0.3) is 5.91 Å². The normalized spacial score (nSPS) is 12.0. The molecule has 34 heavy (non-hydrogen) atoms. The fraction of sp³-hybridized carbons (Fsp3) is 0.375. The molecule has 0 unspecified atom stereocenters. The molecule has 0 radical (unpaired) electrons. The molecule has 1 aromatic heterocycles. The maximum Gasteiger partial charge on any atom is 0.321 e. The van der Waals surface area contributed by atoms with Crippen LogP contribution in [0.3, 0.4) is 0 Å². The van der Waals surface area contributed by atoms with E-state index in [1.807, 2.05) is 0 Å². The van der Waals surface area contributed by atoms with Crippen molar-refractivity contribution in [2.24, 2.45) is 7.05 Å². The Morgan fingerprint density at radius 2 is 1.82 bits per heavy atom. The zero-order valence-electron chi connectivity index (χ0n) is 19.8. The quantitative estimate of drug-likeness (QED) is 0.353. The Labute approximate surface area is 207 Å². The number of methoxy groups -OCH3 is 1. The molecule has 0 saturated heterocycles. The number of aryl methyl sites for hydroxylation is 1. The number of nitrogens with zero attached hydrogens (tertiary/aromatic N) is 2. The minimum Gasteiger partial charge on any atom is -0.492 e. The Kier molecular flexibility index (Phi) is 7.15. The summed E-state index contributed by atoms with van der Waals surface area (Å²) >= 11 is 11.7. The van der Waals surface area contributed by atoms with Gasteiger partial charge < -0.3 is 14.8 Å². The smallest absolute Gasteiger partial charge is 0.321 e. The van der Waals surface area contributed by atoms with E-state index in [0.29, 0.717) is 22.0 Å². The van der Waals surface area contributed by atoms with Crippen LogP contribution in [-0.2, 0) is 16.6 Å². The van der Waals surface area contributed by atoms with Gasteiger partial charge in [0.1, 0.15) is 11.5 Å². The molecule has 10 heteroatoms. The third kappa shape index (κ3) is 4.83. The van der Waals surface area contributed by atoms with Gasteiger partial charge in [-0.3, -0.25) is 14.3 Å². The van der Waals surface area contributed by atoms with Gasteiger partial charge in [0.15, 0.2) is 17.3 Å². The molecule has 0 fully saturated rings. The number of esters is 1. The number of fused-ring (bicyclic) bond motifs is 1. The minimum atomic E-state index is -1.04. The molecule has 0 aliphatic carbocycles. The van der Waals surface area contributed by atoms with Gasteiger partial charge in [0.2, 0.25) is 0 Å². The van der Waals surface area contributed by atoms with Crippen LogP contribution in [0, 0.1) is 5.82 Å². The third-order valence-electron chi connectivity index (χ3n) is 6.01. The molecular formula is C24H26Cl2FN3O4. The van der Waals surface area contributed by atoms with Crippen molar-refractivity contribution in [1.82, 2.24) is 15.1 Å². The molecule has 0 aliphatic rings. The monoisotopic (exact) mass is 509 g/mol. The van der Waals surface area contributed by atoms with Crippen molar-refractivity contribution in [3.8, 4) is 16.9 Å². The summed E-state index contributed by atoms with van der Waals surface area (Å²) in [6.07, 6.45) is 0. The molecule has 7 nitrogen and oxygen atoms in total. The Morgan fingerprint density at radius 3 is 2.41 bits per heavy atom. The summed E-state index contributed by atoms with van der Waals surface area (Å²) in [5.74, 6) is -1.90. The summed E-state index contributed by atoms with van der Waals surface area (Å²) in [5.41, 5.74) is 0.148. The molecule has 0 aliphatic heterocycles. The van der Waals surface area contributed by atoms with Gasteiger partial charge in [-0.2, -0.15) is 5.10 Å². The number of carbonyl (C=O) groups excluding carboxylic acids is 2. The van der Waals surface area contributed by atoms with Gasteiger partial charge in [0, 0.05) is 12.4 Å². The number of carbonyl (C=O) groups is 2. The average Bonchev–Trinajstić information content (AvgIpc) is 3.08. The molecule has 3 aromatic rings. The first kappa shape index (κ1) is 25.8. The summed E-state index contributed by atoms with van der Waals surface area (Å²) in [7, 11) is 3.06. The highest BCUT2D eigenvalue weighted by Crippen LogP contribution is 2.35. The van der Waals surface area contributed by atoms with Crippen LogP contribution in [0.4, 0.5) is 4.39 Å². The molecule has 1 amide bonds. The van der Waals surface area contributed by atoms with Crippen molar-refractivity contribution in [1.29, 1.82) is 0 Å². The lowest BCUT2D eigenvalue weighted by Gasteiger charge is -2.41. The van der Waals surface area contributed by atoms with Gasteiger partial charge in [-0.25, -0.2) is 4.39 Å². The van der Waals surface area contributed by atoms with Crippen LogP contribution >= 0.6 is 23.2 Å². The van der Waals surface area contributed by atoms with E-state index in [0.717, 1.165) is 0 Å². The Bertz CT molecular complexity index is 1250. The van der Waals surface area contributed by atoms with Gasteiger partial charge in [-0.05, 0) is 63.1 Å². The molecule has 1 heterocycles. The molecule has 0 bridgehead atoms. The Morgan fingerprint density at radius 1 is 1.15 bits per heavy atom. The van der Waals surface area contributed by atoms with Crippen molar-refractivity contribution in [3.05, 3.63) is 46.9 Å². The van der Waals surface area contributed by atoms with Crippen LogP contribution in [0.1, 0.15) is 38.2 Å². The third-order valence-corrected chi connectivity index (χ3v) is 6.51. The first-order chi connectivity index (χ1) is 15.8. The lowest BCUT2D eigenvalue weighted by molar-refractivity contribution is -0.160. The predicted molar refractivity (Wildman–Crippen MR) is 130 cm³/mol. The molecule has 0 saturated carbocycles. The molecule has 1 N–H and O–H groups in total. The van der Waals surface area contributed by atoms with Gasteiger partial charge in [-0.1, -0.05) is 17.7 Å². The fourth-order valence-corrected chi connectivity index (χ4v) is 3.80. The highest BCUT2D eigenvalue weighted by atomic mass is 35.5. The first-order valence-corrected chi connectivity index (χ1v) is 11.3. The highest BCUT2D eigenvalue weighted by Gasteiger charge is 2.42. The topological polar surface area (TPSA) is 82.4 Å². The molecular weight excluding hydrogens is 484 g/mol. The second kappa shape index (κ2) is 9.43. The number of alkyl halides is 1. The number of rotatable bonds is 7. The molecule has 0 atom stereocenters. The van der Waals surface area contributed by atoms with Crippen LogP contribution < -0.4 is 10.1 Å². The largest absolute Gasteiger partial charge is 0.492 e. The second-order valence-electron chi connectivity index (χ2n) is 8.87. The molecule has 0 spiro atoms. The van der Waals surface area contributed by atoms with Crippen LogP contribution in [0.15, 0.2) is 30.3 Å². The van der Waals surface area contributed by atoms with Gasteiger partial charge in [-0.15, -0.1) is 11.6 Å². The minimum absolute atomic E-state index is 0.0201. The fourth-order valence-electron chi connectivity index (χ4n) is 3.46. The Balaban J connectivity index is 1.95. The standard InChI is InChI=1S/C24H26Cl2FN3O4/c1-23(2,24(3,4)34-19(31)12-25)28-22(32)20-15-8-7-13(11-18(15)30(5)29-20)14-9-16(26)21(33-6)17(27)10-14/h7-11H,12H2,1-6H3,(H,28,32). The number of hydrogen-bond acceptors (Lipinski definition) is 5. The van der Waals surface area contributed by atoms with Crippen LogP contribution in [0.5, 0.6) is 5.75 Å². The van der Waals surface area contributed by atoms with Crippen molar-refractivity contribution in [3.63, 3.8) is 0 Å². The zero-order chi connectivity index (χ0) is 25.4. The molecule has 2 aromatic carbocycles. The average molecular weight is 510 g/mol. The maximum absolute atomic E-state index is 14.3. The number of amides is 1. The molecule has 3 rings (SSSR count). The zero-order valence-corrected chi connectivity index (χ0v) is 21.3. The summed E-state index contributed by atoms with van der Waals surface area (Å²) < 4.78 is 26.3. The first-order valence-electron chi connectivity index (χ1n) is 10.4. The van der Waals surface area contributed by atoms with Gasteiger partial charge in [0.05, 0.1) is 23.2 Å². The number of aromatic nitrogens is 2. The van der Waals surface area contributed by atoms with Crippen molar-refractivity contribution in [2.45, 2.75) is 38.8 Å². The van der Waals surface area contributed by atoms with E-state index >= 15 is 0 Å². The summed E-state index contributed by atoms with van der Waals surface area (Å²) in [5, 5.41) is 8.05. The number of nitrogens with one attached hydrogen (secondary N) is 1. The van der Waals surface area contributed by atoms with E-state index in [4.69, 9.17) is 32.7 Å². The van der Waals surface area contributed by atoms with Crippen molar-refractivity contribution < 1.29 is 23.5 Å². The lowest BCUT2D eigenvalue weighted by atomic mass is 9.85. The van der Waals surface area contributed by atoms with E-state index in [9.17, 15) is 14.0 Å². The predicted octanol–water partition coefficient (Wildman–Crippen LogP) is 5.11. The SMILES string of the molecule is COc1c(F)cc(-c2ccc3c(C(=O)NC(C)(C)C(C)(C)OC(=O)CCl)nn(C)c3c2)cc1Cl. The van der Waals surface area contributed by atoms with Crippen molar-refractivity contribution >= 4 is 46.0 Å². The van der Waals surface area contributed by atoms with Crippen LogP contribution in [-0.4, -0.2) is 45.8 Å². The maximum atomic E-state index is 14.3.